The van der Waals surface area contributed by atoms with Crippen LogP contribution in [0.25, 0.3) is 0 Å². The van der Waals surface area contributed by atoms with Gasteiger partial charge in [0.2, 0.25) is 10.0 Å². The second-order valence-electron chi connectivity index (χ2n) is 8.00. The molecule has 182 valence electrons. The number of ether oxygens (including phenoxy) is 1. The molecule has 0 atom stereocenters. The van der Waals surface area contributed by atoms with Crippen molar-refractivity contribution in [1.82, 2.24) is 9.29 Å². The van der Waals surface area contributed by atoms with E-state index in [0.717, 1.165) is 34.9 Å². The summed E-state index contributed by atoms with van der Waals surface area (Å²) in [7, 11) is -0.803. The van der Waals surface area contributed by atoms with Gasteiger partial charge in [0.25, 0.3) is 5.91 Å². The van der Waals surface area contributed by atoms with Crippen LogP contribution in [0.4, 0.5) is 5.13 Å². The van der Waals surface area contributed by atoms with Crippen molar-refractivity contribution in [2.24, 2.45) is 0 Å². The minimum atomic E-state index is -3.73. The lowest BCUT2D eigenvalue weighted by atomic mass is 10.1. The number of unbranched alkanes of at least 4 members (excludes halogenated alkanes) is 2. The number of hydrogen-bond acceptors (Lipinski definition) is 7. The molecule has 0 aliphatic rings. The Morgan fingerprint density at radius 1 is 1.09 bits per heavy atom. The summed E-state index contributed by atoms with van der Waals surface area (Å²) >= 11 is 1.11. The Morgan fingerprint density at radius 3 is 2.33 bits per heavy atom. The van der Waals surface area contributed by atoms with Gasteiger partial charge in [-0.15, -0.1) is 0 Å². The third-order valence-corrected chi connectivity index (χ3v) is 8.43. The second kappa shape index (κ2) is 11.2. The maximum Gasteiger partial charge on any atom is 0.350 e. The van der Waals surface area contributed by atoms with E-state index < -0.39 is 16.0 Å². The maximum atomic E-state index is 13.6. The van der Waals surface area contributed by atoms with Gasteiger partial charge < -0.3 is 4.74 Å². The summed E-state index contributed by atoms with van der Waals surface area (Å²) in [5, 5.41) is 0.395. The molecule has 0 fully saturated rings. The highest BCUT2D eigenvalue weighted by Gasteiger charge is 2.28. The van der Waals surface area contributed by atoms with Crippen LogP contribution >= 0.6 is 11.3 Å². The topological polar surface area (TPSA) is 96.9 Å². The summed E-state index contributed by atoms with van der Waals surface area (Å²) in [6.07, 6.45) is 2.65. The summed E-state index contributed by atoms with van der Waals surface area (Å²) in [6.45, 7) is 9.68. The number of rotatable bonds is 10. The zero-order chi connectivity index (χ0) is 24.9. The highest BCUT2D eigenvalue weighted by Crippen LogP contribution is 2.30. The average molecular weight is 496 g/mol. The van der Waals surface area contributed by atoms with Crippen LogP contribution in [-0.2, 0) is 14.8 Å². The number of hydrogen-bond donors (Lipinski definition) is 0. The average Bonchev–Trinajstić information content (AvgIpc) is 3.13. The van der Waals surface area contributed by atoms with E-state index in [2.05, 4.69) is 11.9 Å². The van der Waals surface area contributed by atoms with Crippen molar-refractivity contribution >= 4 is 38.4 Å². The van der Waals surface area contributed by atoms with Gasteiger partial charge in [-0.3, -0.25) is 9.69 Å². The number of thiazole rings is 1. The first-order chi connectivity index (χ1) is 15.4. The molecule has 0 spiro atoms. The van der Waals surface area contributed by atoms with Gasteiger partial charge >= 0.3 is 5.97 Å². The molecule has 0 bridgehead atoms. The van der Waals surface area contributed by atoms with Gasteiger partial charge in [0.1, 0.15) is 4.88 Å². The van der Waals surface area contributed by atoms with Crippen molar-refractivity contribution in [3.8, 4) is 0 Å². The zero-order valence-electron chi connectivity index (χ0n) is 20.4. The Bertz CT molecular complexity index is 1120. The van der Waals surface area contributed by atoms with Gasteiger partial charge in [-0.25, -0.2) is 22.5 Å². The first kappa shape index (κ1) is 26.9. The molecule has 1 amide bonds. The third kappa shape index (κ3) is 5.99. The normalized spacial score (nSPS) is 11.6. The Labute approximate surface area is 200 Å². The number of carbonyl (C=O) groups excluding carboxylic acids is 2. The molecule has 0 aliphatic carbocycles. The molecule has 0 radical (unpaired) electrons. The number of esters is 1. The standard InChI is InChI=1S/C23H33N3O5S2/c1-8-10-11-12-26(23-24-17(5)20(32-23)22(28)31-9-2)21(27)18-13-15(3)16(4)19(14-18)33(29,30)25(6)7/h13-14H,8-12H2,1-7H3. The number of amides is 1. The minimum Gasteiger partial charge on any atom is -0.462 e. The fourth-order valence-corrected chi connectivity index (χ4v) is 5.46. The Balaban J connectivity index is 2.56. The van der Waals surface area contributed by atoms with Gasteiger partial charge in [0.05, 0.1) is 17.2 Å². The van der Waals surface area contributed by atoms with Crippen molar-refractivity contribution in [3.05, 3.63) is 39.4 Å². The Hall–Kier alpha value is -2.30. The molecule has 0 saturated carbocycles. The first-order valence-corrected chi connectivity index (χ1v) is 13.2. The molecular weight excluding hydrogens is 462 g/mol. The molecule has 0 unspecified atom stereocenters. The van der Waals surface area contributed by atoms with E-state index in [1.807, 2.05) is 0 Å². The molecule has 0 aliphatic heterocycles. The lowest BCUT2D eigenvalue weighted by Gasteiger charge is -2.22. The number of nitrogens with zero attached hydrogens (tertiary/aromatic N) is 3. The number of aryl methyl sites for hydroxylation is 2. The van der Waals surface area contributed by atoms with Gasteiger partial charge in [0.15, 0.2) is 5.13 Å². The van der Waals surface area contributed by atoms with Crippen LogP contribution in [0.5, 0.6) is 0 Å². The molecule has 33 heavy (non-hydrogen) atoms. The highest BCUT2D eigenvalue weighted by atomic mass is 32.2. The van der Waals surface area contributed by atoms with Crippen LogP contribution in [0.2, 0.25) is 0 Å². The molecule has 8 nitrogen and oxygen atoms in total. The zero-order valence-corrected chi connectivity index (χ0v) is 22.0. The lowest BCUT2D eigenvalue weighted by Crippen LogP contribution is -2.32. The van der Waals surface area contributed by atoms with Crippen molar-refractivity contribution in [3.63, 3.8) is 0 Å². The predicted octanol–water partition coefficient (Wildman–Crippen LogP) is 4.33. The van der Waals surface area contributed by atoms with E-state index in [0.29, 0.717) is 33.4 Å². The van der Waals surface area contributed by atoms with Crippen LogP contribution in [0, 0.1) is 20.8 Å². The molecule has 2 rings (SSSR count). The van der Waals surface area contributed by atoms with E-state index in [1.165, 1.54) is 25.1 Å². The lowest BCUT2D eigenvalue weighted by molar-refractivity contribution is 0.0531. The fourth-order valence-electron chi connectivity index (χ4n) is 3.26. The van der Waals surface area contributed by atoms with Crippen molar-refractivity contribution in [2.45, 2.75) is 58.8 Å². The maximum absolute atomic E-state index is 13.6. The predicted molar refractivity (Wildman–Crippen MR) is 131 cm³/mol. The molecular formula is C23H33N3O5S2. The summed E-state index contributed by atoms with van der Waals surface area (Å²) < 4.78 is 32.0. The number of anilines is 1. The Morgan fingerprint density at radius 2 is 1.76 bits per heavy atom. The highest BCUT2D eigenvalue weighted by molar-refractivity contribution is 7.89. The molecule has 2 aromatic rings. The van der Waals surface area contributed by atoms with Crippen molar-refractivity contribution in [1.29, 1.82) is 0 Å². The quantitative estimate of drug-likeness (QED) is 0.359. The number of sulfonamides is 1. The molecule has 0 saturated heterocycles. The molecule has 1 heterocycles. The second-order valence-corrected chi connectivity index (χ2v) is 11.1. The van der Waals surface area contributed by atoms with Gasteiger partial charge in [-0.1, -0.05) is 31.1 Å². The molecule has 0 N–H and O–H groups in total. The van der Waals surface area contributed by atoms with E-state index in [1.54, 1.807) is 33.8 Å². The van der Waals surface area contributed by atoms with Gasteiger partial charge in [-0.2, -0.15) is 0 Å². The monoisotopic (exact) mass is 495 g/mol. The van der Waals surface area contributed by atoms with E-state index in [-0.39, 0.29) is 23.0 Å². The van der Waals surface area contributed by atoms with Crippen molar-refractivity contribution < 1.29 is 22.7 Å². The molecule has 1 aromatic carbocycles. The molecule has 1 aromatic heterocycles. The summed E-state index contributed by atoms with van der Waals surface area (Å²) in [5.74, 6) is -0.821. The van der Waals surface area contributed by atoms with Crippen LogP contribution in [0.15, 0.2) is 17.0 Å². The molecule has 10 heteroatoms. The van der Waals surface area contributed by atoms with E-state index in [4.69, 9.17) is 4.74 Å². The van der Waals surface area contributed by atoms with Gasteiger partial charge in [0, 0.05) is 26.2 Å². The first-order valence-electron chi connectivity index (χ1n) is 11.0. The van der Waals surface area contributed by atoms with Crippen LogP contribution < -0.4 is 4.90 Å². The fraction of sp³-hybridized carbons (Fsp3) is 0.522. The summed E-state index contributed by atoms with van der Waals surface area (Å²) in [4.78, 5) is 32.4. The number of aromatic nitrogens is 1. The third-order valence-electron chi connectivity index (χ3n) is 5.33. The Kier molecular flexibility index (Phi) is 9.16. The van der Waals surface area contributed by atoms with Crippen LogP contribution in [-0.4, -0.2) is 56.8 Å². The van der Waals surface area contributed by atoms with E-state index in [9.17, 15) is 18.0 Å². The smallest absolute Gasteiger partial charge is 0.350 e. The SMILES string of the molecule is CCCCCN(C(=O)c1cc(C)c(C)c(S(=O)(=O)N(C)C)c1)c1nc(C)c(C(=O)OCC)s1. The number of carbonyl (C=O) groups is 2. The largest absolute Gasteiger partial charge is 0.462 e. The summed E-state index contributed by atoms with van der Waals surface area (Å²) in [5.41, 5.74) is 2.07. The van der Waals surface area contributed by atoms with Crippen molar-refractivity contribution in [2.75, 3.05) is 32.1 Å². The number of benzene rings is 1. The van der Waals surface area contributed by atoms with Gasteiger partial charge in [-0.05, 0) is 57.4 Å². The van der Waals surface area contributed by atoms with Crippen LogP contribution in [0.1, 0.15) is 70.0 Å². The minimum absolute atomic E-state index is 0.104. The van der Waals surface area contributed by atoms with E-state index >= 15 is 0 Å². The van der Waals surface area contributed by atoms with Crippen LogP contribution in [0.3, 0.4) is 0 Å². The summed E-state index contributed by atoms with van der Waals surface area (Å²) in [6, 6.07) is 3.13.